The Balaban J connectivity index is 2.07. The van der Waals surface area contributed by atoms with Crippen LogP contribution in [0.25, 0.3) is 0 Å². The number of aromatic carboxylic acids is 1. The summed E-state index contributed by atoms with van der Waals surface area (Å²) in [5.41, 5.74) is 7.73. The molecule has 1 atom stereocenters. The maximum Gasteiger partial charge on any atom is 0.335 e. The molecule has 0 amide bonds. The lowest BCUT2D eigenvalue weighted by molar-refractivity contribution is 0.0695. The number of carbonyl (C=O) groups is 1. The van der Waals surface area contributed by atoms with Crippen molar-refractivity contribution in [1.82, 2.24) is 0 Å². The Morgan fingerprint density at radius 2 is 1.43 bits per heavy atom. The van der Waals surface area contributed by atoms with Crippen molar-refractivity contribution in [2.45, 2.75) is 119 Å². The number of aryl methyl sites for hydroxylation is 1. The molecule has 3 heteroatoms. The summed E-state index contributed by atoms with van der Waals surface area (Å²) in [5, 5.41) is 21.4. The van der Waals surface area contributed by atoms with Gasteiger partial charge >= 0.3 is 5.97 Å². The molecule has 228 valence electrons. The van der Waals surface area contributed by atoms with Crippen molar-refractivity contribution in [3.63, 3.8) is 0 Å². The van der Waals surface area contributed by atoms with Crippen molar-refractivity contribution in [1.29, 1.82) is 0 Å². The van der Waals surface area contributed by atoms with Gasteiger partial charge in [-0.15, -0.1) is 0 Å². The molecule has 3 rings (SSSR count). The van der Waals surface area contributed by atoms with E-state index < -0.39 is 5.97 Å². The number of carboxylic acids is 1. The molecule has 0 aliphatic heterocycles. The summed E-state index contributed by atoms with van der Waals surface area (Å²) < 4.78 is 0. The molecule has 0 aromatic heterocycles. The van der Waals surface area contributed by atoms with Crippen molar-refractivity contribution in [3.05, 3.63) is 99.2 Å². The zero-order chi connectivity index (χ0) is 31.8. The molecule has 0 bridgehead atoms. The molecule has 0 saturated heterocycles. The van der Waals surface area contributed by atoms with E-state index in [-0.39, 0.29) is 27.6 Å². The smallest absolute Gasteiger partial charge is 0.335 e. The molecule has 2 aromatic rings. The second kappa shape index (κ2) is 11.9. The van der Waals surface area contributed by atoms with Crippen molar-refractivity contribution in [2.75, 3.05) is 0 Å². The van der Waals surface area contributed by atoms with Crippen LogP contribution >= 0.6 is 0 Å². The first kappa shape index (κ1) is 33.4. The Kier molecular flexibility index (Phi) is 9.47. The summed E-state index contributed by atoms with van der Waals surface area (Å²) in [6.07, 6.45) is 9.39. The molecule has 0 fully saturated rings. The molecule has 3 nitrogen and oxygen atoms in total. The molecule has 0 heterocycles. The third kappa shape index (κ3) is 7.65. The van der Waals surface area contributed by atoms with E-state index >= 15 is 0 Å². The normalized spacial score (nSPS) is 17.7. The number of allylic oxidation sites excluding steroid dienone is 6. The van der Waals surface area contributed by atoms with Gasteiger partial charge in [-0.25, -0.2) is 4.79 Å². The fraction of sp³-hybridized carbons (Fsp3) is 0.513. The molecule has 0 spiro atoms. The van der Waals surface area contributed by atoms with Crippen LogP contribution in [-0.4, -0.2) is 16.2 Å². The van der Waals surface area contributed by atoms with E-state index in [1.165, 1.54) is 16.7 Å². The average molecular weight is 571 g/mol. The van der Waals surface area contributed by atoms with E-state index in [0.717, 1.165) is 41.5 Å². The lowest BCUT2D eigenvalue weighted by Crippen LogP contribution is -2.24. The van der Waals surface area contributed by atoms with Gasteiger partial charge in [0, 0.05) is 5.92 Å². The standard InChI is InChI=1S/C39H54O3/c1-36(2,3)27-21-25(33(31(23-27)38(7,8)9)29-19-15-16-20-30(29)35(41)42)17-13-14-18-26-22-28(37(4,5)6)24-32(34(26)40)39(10,11)12/h15-17,19-24,33,40H,13-14,18H2,1-12H3,(H,41,42). The summed E-state index contributed by atoms with van der Waals surface area (Å²) in [7, 11) is 0. The second-order valence-corrected chi connectivity index (χ2v) is 16.2. The summed E-state index contributed by atoms with van der Waals surface area (Å²) in [5.74, 6) is -0.608. The quantitative estimate of drug-likeness (QED) is 0.340. The summed E-state index contributed by atoms with van der Waals surface area (Å²) in [4.78, 5) is 12.3. The molecule has 0 saturated carbocycles. The van der Waals surface area contributed by atoms with Crippen molar-refractivity contribution in [2.24, 2.45) is 10.8 Å². The van der Waals surface area contributed by atoms with Crippen LogP contribution in [0.2, 0.25) is 0 Å². The molecule has 1 unspecified atom stereocenters. The number of unbranched alkanes of at least 4 members (excludes halogenated alkanes) is 1. The third-order valence-electron chi connectivity index (χ3n) is 8.40. The van der Waals surface area contributed by atoms with Crippen molar-refractivity contribution < 1.29 is 15.0 Å². The topological polar surface area (TPSA) is 57.5 Å². The number of hydrogen-bond donors (Lipinski definition) is 2. The Morgan fingerprint density at radius 3 is 1.95 bits per heavy atom. The number of phenols is 1. The summed E-state index contributed by atoms with van der Waals surface area (Å²) in [6.45, 7) is 26.5. The maximum atomic E-state index is 12.3. The van der Waals surface area contributed by atoms with Crippen LogP contribution in [0.1, 0.15) is 134 Å². The highest BCUT2D eigenvalue weighted by Gasteiger charge is 2.35. The Bertz CT molecular complexity index is 1400. The maximum absolute atomic E-state index is 12.3. The highest BCUT2D eigenvalue weighted by molar-refractivity contribution is 5.90. The number of phenolic OH excluding ortho intramolecular Hbond substituents is 1. The van der Waals surface area contributed by atoms with Gasteiger partial charge in [-0.2, -0.15) is 0 Å². The van der Waals surface area contributed by atoms with Gasteiger partial charge in [0.15, 0.2) is 0 Å². The average Bonchev–Trinajstić information content (AvgIpc) is 2.84. The van der Waals surface area contributed by atoms with Crippen LogP contribution in [-0.2, 0) is 17.3 Å². The number of aromatic hydroxyl groups is 1. The highest BCUT2D eigenvalue weighted by atomic mass is 16.4. The van der Waals surface area contributed by atoms with Gasteiger partial charge in [0.05, 0.1) is 5.56 Å². The van der Waals surface area contributed by atoms with Crippen LogP contribution in [0, 0.1) is 10.8 Å². The van der Waals surface area contributed by atoms with Gasteiger partial charge in [0.1, 0.15) is 5.75 Å². The van der Waals surface area contributed by atoms with E-state index in [0.29, 0.717) is 11.3 Å². The van der Waals surface area contributed by atoms with Crippen LogP contribution in [0.5, 0.6) is 5.75 Å². The highest BCUT2D eigenvalue weighted by Crippen LogP contribution is 2.49. The molecule has 0 radical (unpaired) electrons. The van der Waals surface area contributed by atoms with Crippen LogP contribution < -0.4 is 0 Å². The van der Waals surface area contributed by atoms with E-state index in [1.807, 2.05) is 12.1 Å². The Hall–Kier alpha value is -3.07. The first-order chi connectivity index (χ1) is 19.1. The van der Waals surface area contributed by atoms with Gasteiger partial charge in [0.2, 0.25) is 0 Å². The molecular weight excluding hydrogens is 516 g/mol. The third-order valence-corrected chi connectivity index (χ3v) is 8.40. The molecular formula is C39H54O3. The number of hydrogen-bond acceptors (Lipinski definition) is 2. The lowest BCUT2D eigenvalue weighted by Gasteiger charge is -2.38. The molecule has 1 aliphatic rings. The Labute approximate surface area is 255 Å². The minimum absolute atomic E-state index is 0.0128. The number of rotatable bonds is 6. The zero-order valence-corrected chi connectivity index (χ0v) is 28.2. The van der Waals surface area contributed by atoms with Gasteiger partial charge in [-0.3, -0.25) is 0 Å². The first-order valence-corrected chi connectivity index (χ1v) is 15.5. The van der Waals surface area contributed by atoms with Gasteiger partial charge in [-0.05, 0) is 80.4 Å². The van der Waals surface area contributed by atoms with E-state index in [2.05, 4.69) is 113 Å². The SMILES string of the molecule is CC(C)(C)C1=CC(=CCCCc2cc(C(C)(C)C)cc(C(C)(C)C)c2O)C(c2ccccc2C(=O)O)C(C(C)(C)C)=C1. The van der Waals surface area contributed by atoms with Gasteiger partial charge in [0.25, 0.3) is 0 Å². The minimum atomic E-state index is -0.896. The minimum Gasteiger partial charge on any atom is -0.507 e. The summed E-state index contributed by atoms with van der Waals surface area (Å²) in [6, 6.07) is 11.8. The van der Waals surface area contributed by atoms with Gasteiger partial charge < -0.3 is 10.2 Å². The van der Waals surface area contributed by atoms with Crippen molar-refractivity contribution in [3.8, 4) is 5.75 Å². The number of carboxylic acid groups (broad SMARTS) is 1. The largest absolute Gasteiger partial charge is 0.507 e. The number of benzene rings is 2. The van der Waals surface area contributed by atoms with E-state index in [1.54, 1.807) is 12.1 Å². The predicted molar refractivity (Wildman–Crippen MR) is 178 cm³/mol. The van der Waals surface area contributed by atoms with Crippen LogP contribution in [0.4, 0.5) is 0 Å². The van der Waals surface area contributed by atoms with E-state index in [9.17, 15) is 15.0 Å². The first-order valence-electron chi connectivity index (χ1n) is 15.5. The monoisotopic (exact) mass is 570 g/mol. The fourth-order valence-electron chi connectivity index (χ4n) is 5.74. The predicted octanol–water partition coefficient (Wildman–Crippen LogP) is 10.7. The molecule has 1 aliphatic carbocycles. The van der Waals surface area contributed by atoms with Gasteiger partial charge in [-0.1, -0.05) is 137 Å². The lowest BCUT2D eigenvalue weighted by atomic mass is 9.66. The Morgan fingerprint density at radius 1 is 0.810 bits per heavy atom. The molecule has 2 aromatic carbocycles. The fourth-order valence-corrected chi connectivity index (χ4v) is 5.74. The van der Waals surface area contributed by atoms with Crippen LogP contribution in [0.15, 0.2) is 71.3 Å². The zero-order valence-electron chi connectivity index (χ0n) is 28.2. The van der Waals surface area contributed by atoms with Crippen LogP contribution in [0.3, 0.4) is 0 Å². The second-order valence-electron chi connectivity index (χ2n) is 16.2. The summed E-state index contributed by atoms with van der Waals surface area (Å²) >= 11 is 0. The van der Waals surface area contributed by atoms with E-state index in [4.69, 9.17) is 0 Å². The molecule has 42 heavy (non-hydrogen) atoms. The molecule has 2 N–H and O–H groups in total. The van der Waals surface area contributed by atoms with Crippen molar-refractivity contribution >= 4 is 5.97 Å².